The molecule has 1 amide bonds. The quantitative estimate of drug-likeness (QED) is 0.861. The first-order chi connectivity index (χ1) is 10.6. The van der Waals surface area contributed by atoms with Crippen molar-refractivity contribution in [2.75, 3.05) is 32.1 Å². The van der Waals surface area contributed by atoms with Crippen molar-refractivity contribution in [1.82, 2.24) is 20.2 Å². The summed E-state index contributed by atoms with van der Waals surface area (Å²) in [6.45, 7) is 4.33. The summed E-state index contributed by atoms with van der Waals surface area (Å²) >= 11 is 0. The molecule has 0 spiro atoms. The summed E-state index contributed by atoms with van der Waals surface area (Å²) < 4.78 is 0. The Bertz CT molecular complexity index is 474. The highest BCUT2D eigenvalue weighted by Crippen LogP contribution is 2.21. The maximum Gasteiger partial charge on any atom is 0.224 e. The van der Waals surface area contributed by atoms with Crippen molar-refractivity contribution in [2.24, 2.45) is 0 Å². The first-order valence-corrected chi connectivity index (χ1v) is 8.03. The minimum absolute atomic E-state index is 0.0510. The standard InChI is InChI=1S/C16H27N5O/c1-13(22)17-8-7-15-6-4-5-9-21(15)12-14-10-18-16(19-11-14)20(2)3/h10-11,15H,4-9,12H2,1-3H3,(H,17,22)/t15-/m0/s1. The van der Waals surface area contributed by atoms with Gasteiger partial charge >= 0.3 is 0 Å². The first-order valence-electron chi connectivity index (χ1n) is 8.03. The zero-order valence-electron chi connectivity index (χ0n) is 13.9. The van der Waals surface area contributed by atoms with Gasteiger partial charge in [0.2, 0.25) is 11.9 Å². The molecule has 0 saturated carbocycles. The molecule has 0 aromatic carbocycles. The maximum atomic E-state index is 11.0. The van der Waals surface area contributed by atoms with Crippen LogP contribution in [-0.2, 0) is 11.3 Å². The van der Waals surface area contributed by atoms with Gasteiger partial charge in [-0.2, -0.15) is 0 Å². The number of aromatic nitrogens is 2. The minimum Gasteiger partial charge on any atom is -0.356 e. The maximum absolute atomic E-state index is 11.0. The fraction of sp³-hybridized carbons (Fsp3) is 0.688. The summed E-state index contributed by atoms with van der Waals surface area (Å²) in [6, 6.07) is 0.536. The highest BCUT2D eigenvalue weighted by molar-refractivity contribution is 5.72. The fourth-order valence-corrected chi connectivity index (χ4v) is 2.90. The van der Waals surface area contributed by atoms with Crippen LogP contribution < -0.4 is 10.2 Å². The van der Waals surface area contributed by atoms with Crippen LogP contribution in [0.5, 0.6) is 0 Å². The van der Waals surface area contributed by atoms with Crippen molar-refractivity contribution < 1.29 is 4.79 Å². The van der Waals surface area contributed by atoms with Crippen LogP contribution in [0.3, 0.4) is 0 Å². The van der Waals surface area contributed by atoms with Gasteiger partial charge in [0.1, 0.15) is 0 Å². The van der Waals surface area contributed by atoms with E-state index in [1.54, 1.807) is 6.92 Å². The molecule has 6 nitrogen and oxygen atoms in total. The van der Waals surface area contributed by atoms with Crippen LogP contribution in [0, 0.1) is 0 Å². The number of nitrogens with zero attached hydrogens (tertiary/aromatic N) is 4. The summed E-state index contributed by atoms with van der Waals surface area (Å²) in [4.78, 5) is 24.2. The summed E-state index contributed by atoms with van der Waals surface area (Å²) in [5, 5.41) is 2.90. The summed E-state index contributed by atoms with van der Waals surface area (Å²) in [5.74, 6) is 0.791. The summed E-state index contributed by atoms with van der Waals surface area (Å²) in [5.41, 5.74) is 1.15. The Labute approximate surface area is 132 Å². The van der Waals surface area contributed by atoms with Crippen LogP contribution >= 0.6 is 0 Å². The largest absolute Gasteiger partial charge is 0.356 e. The molecule has 1 aliphatic heterocycles. The Balaban J connectivity index is 1.91. The normalized spacial score (nSPS) is 19.0. The number of piperidine rings is 1. The zero-order valence-corrected chi connectivity index (χ0v) is 13.9. The van der Waals surface area contributed by atoms with E-state index in [0.717, 1.165) is 37.6 Å². The monoisotopic (exact) mass is 305 g/mol. The van der Waals surface area contributed by atoms with E-state index in [9.17, 15) is 4.79 Å². The molecular formula is C16H27N5O. The van der Waals surface area contributed by atoms with E-state index in [-0.39, 0.29) is 5.91 Å². The Morgan fingerprint density at radius 2 is 2.09 bits per heavy atom. The second kappa shape index (κ2) is 8.08. The van der Waals surface area contributed by atoms with E-state index in [1.807, 2.05) is 31.4 Å². The van der Waals surface area contributed by atoms with Gasteiger partial charge in [-0.3, -0.25) is 9.69 Å². The van der Waals surface area contributed by atoms with E-state index in [2.05, 4.69) is 20.2 Å². The Morgan fingerprint density at radius 3 is 2.73 bits per heavy atom. The lowest BCUT2D eigenvalue weighted by molar-refractivity contribution is -0.119. The third-order valence-corrected chi connectivity index (χ3v) is 4.08. The number of anilines is 1. The number of nitrogens with one attached hydrogen (secondary N) is 1. The third-order valence-electron chi connectivity index (χ3n) is 4.08. The molecule has 0 radical (unpaired) electrons. The predicted molar refractivity (Wildman–Crippen MR) is 87.7 cm³/mol. The second-order valence-corrected chi connectivity index (χ2v) is 6.18. The van der Waals surface area contributed by atoms with Crippen LogP contribution in [-0.4, -0.2) is 54.0 Å². The molecule has 1 atom stereocenters. The van der Waals surface area contributed by atoms with Crippen molar-refractivity contribution in [2.45, 2.75) is 45.2 Å². The SMILES string of the molecule is CC(=O)NCC[C@@H]1CCCCN1Cc1cnc(N(C)C)nc1. The number of carbonyl (C=O) groups is 1. The molecule has 1 aromatic heterocycles. The van der Waals surface area contributed by atoms with Gasteiger partial charge in [0.25, 0.3) is 0 Å². The average molecular weight is 305 g/mol. The van der Waals surface area contributed by atoms with E-state index in [0.29, 0.717) is 6.04 Å². The Morgan fingerprint density at radius 1 is 1.36 bits per heavy atom. The van der Waals surface area contributed by atoms with Crippen molar-refractivity contribution in [3.8, 4) is 0 Å². The third kappa shape index (κ3) is 4.94. The Hall–Kier alpha value is -1.69. The fourth-order valence-electron chi connectivity index (χ4n) is 2.90. The molecule has 1 saturated heterocycles. The van der Waals surface area contributed by atoms with E-state index in [1.165, 1.54) is 19.3 Å². The van der Waals surface area contributed by atoms with Crippen LogP contribution in [0.2, 0.25) is 0 Å². The molecule has 6 heteroatoms. The Kier molecular flexibility index (Phi) is 6.12. The molecule has 1 fully saturated rings. The molecule has 0 bridgehead atoms. The molecule has 2 heterocycles. The summed E-state index contributed by atoms with van der Waals surface area (Å²) in [7, 11) is 3.88. The molecule has 1 aliphatic rings. The number of carbonyl (C=O) groups excluding carboxylic acids is 1. The smallest absolute Gasteiger partial charge is 0.224 e. The van der Waals surface area contributed by atoms with Crippen molar-refractivity contribution in [3.63, 3.8) is 0 Å². The lowest BCUT2D eigenvalue weighted by Gasteiger charge is -2.35. The number of amides is 1. The number of hydrogen-bond acceptors (Lipinski definition) is 5. The predicted octanol–water partition coefficient (Wildman–Crippen LogP) is 1.42. The van der Waals surface area contributed by atoms with Crippen molar-refractivity contribution in [3.05, 3.63) is 18.0 Å². The molecule has 2 rings (SSSR count). The topological polar surface area (TPSA) is 61.4 Å². The molecule has 1 N–H and O–H groups in total. The first kappa shape index (κ1) is 16.7. The van der Waals surface area contributed by atoms with Crippen LogP contribution in [0.4, 0.5) is 5.95 Å². The van der Waals surface area contributed by atoms with Gasteiger partial charge < -0.3 is 10.2 Å². The van der Waals surface area contributed by atoms with Crippen LogP contribution in [0.25, 0.3) is 0 Å². The molecule has 1 aromatic rings. The van der Waals surface area contributed by atoms with Crippen LogP contribution in [0.1, 0.15) is 38.2 Å². The van der Waals surface area contributed by atoms with Gasteiger partial charge in [-0.25, -0.2) is 9.97 Å². The van der Waals surface area contributed by atoms with Gasteiger partial charge in [0, 0.05) is 58.1 Å². The number of likely N-dealkylation sites (tertiary alicyclic amines) is 1. The number of hydrogen-bond donors (Lipinski definition) is 1. The highest BCUT2D eigenvalue weighted by atomic mass is 16.1. The van der Waals surface area contributed by atoms with Crippen LogP contribution in [0.15, 0.2) is 12.4 Å². The van der Waals surface area contributed by atoms with Crippen molar-refractivity contribution in [1.29, 1.82) is 0 Å². The molecule has 0 unspecified atom stereocenters. The highest BCUT2D eigenvalue weighted by Gasteiger charge is 2.22. The molecule has 22 heavy (non-hydrogen) atoms. The lowest BCUT2D eigenvalue weighted by atomic mass is 9.99. The average Bonchev–Trinajstić information content (AvgIpc) is 2.49. The second-order valence-electron chi connectivity index (χ2n) is 6.18. The molecule has 122 valence electrons. The number of rotatable bonds is 6. The lowest BCUT2D eigenvalue weighted by Crippen LogP contribution is -2.41. The van der Waals surface area contributed by atoms with Gasteiger partial charge in [0.15, 0.2) is 0 Å². The summed E-state index contributed by atoms with van der Waals surface area (Å²) in [6.07, 6.45) is 8.57. The van der Waals surface area contributed by atoms with Gasteiger partial charge in [0.05, 0.1) is 0 Å². The minimum atomic E-state index is 0.0510. The van der Waals surface area contributed by atoms with E-state index < -0.39 is 0 Å². The molecular weight excluding hydrogens is 278 g/mol. The van der Waals surface area contributed by atoms with Gasteiger partial charge in [-0.05, 0) is 25.8 Å². The van der Waals surface area contributed by atoms with Gasteiger partial charge in [-0.15, -0.1) is 0 Å². The van der Waals surface area contributed by atoms with Crippen molar-refractivity contribution >= 4 is 11.9 Å². The van der Waals surface area contributed by atoms with E-state index >= 15 is 0 Å². The zero-order chi connectivity index (χ0) is 15.9. The molecule has 0 aliphatic carbocycles. The van der Waals surface area contributed by atoms with E-state index in [4.69, 9.17) is 0 Å². The van der Waals surface area contributed by atoms with Gasteiger partial charge in [-0.1, -0.05) is 6.42 Å².